The molecular formula is C23H36Br2N4O5S2. The van der Waals surface area contributed by atoms with E-state index in [4.69, 9.17) is 14.6 Å². The maximum absolute atomic E-state index is 11.4. The second-order valence-corrected chi connectivity index (χ2v) is 14.1. The summed E-state index contributed by atoms with van der Waals surface area (Å²) >= 11 is 8.85. The van der Waals surface area contributed by atoms with Gasteiger partial charge in [-0.1, -0.05) is 0 Å². The van der Waals surface area contributed by atoms with Gasteiger partial charge in [-0.05, 0) is 101 Å². The number of rotatable bonds is 4. The second-order valence-electron chi connectivity index (χ2n) is 9.82. The lowest BCUT2D eigenvalue weighted by molar-refractivity contribution is 0.00632. The molecule has 36 heavy (non-hydrogen) atoms. The Morgan fingerprint density at radius 3 is 1.64 bits per heavy atom. The fourth-order valence-corrected chi connectivity index (χ4v) is 3.86. The van der Waals surface area contributed by atoms with Crippen molar-refractivity contribution in [2.75, 3.05) is 0 Å². The second kappa shape index (κ2) is 15.6. The van der Waals surface area contributed by atoms with Crippen LogP contribution >= 0.6 is 54.5 Å². The van der Waals surface area contributed by atoms with Crippen LogP contribution in [0.4, 0.5) is 0 Å². The Bertz CT molecular complexity index is 993. The monoisotopic (exact) mass is 670 g/mol. The number of halogens is 2. The van der Waals surface area contributed by atoms with Gasteiger partial charge in [0.25, 0.3) is 6.02 Å². The maximum Gasteiger partial charge on any atom is 0.358 e. The third kappa shape index (κ3) is 17.8. The summed E-state index contributed by atoms with van der Waals surface area (Å²) in [5.74, 6) is -1.37. The van der Waals surface area contributed by atoms with Crippen molar-refractivity contribution in [2.24, 2.45) is 4.99 Å². The van der Waals surface area contributed by atoms with Crippen LogP contribution in [0.3, 0.4) is 0 Å². The average molecular weight is 673 g/mol. The molecule has 0 aliphatic rings. The minimum absolute atomic E-state index is 0.0897. The van der Waals surface area contributed by atoms with Gasteiger partial charge in [0, 0.05) is 22.8 Å². The van der Waals surface area contributed by atoms with Crippen LogP contribution in [0.5, 0.6) is 0 Å². The number of thiazole rings is 2. The summed E-state index contributed by atoms with van der Waals surface area (Å²) in [5, 5.41) is 14.7. The lowest BCUT2D eigenvalue weighted by atomic mass is 10.2. The normalized spacial score (nSPS) is 11.8. The van der Waals surface area contributed by atoms with Gasteiger partial charge >= 0.3 is 11.9 Å². The van der Waals surface area contributed by atoms with E-state index in [1.807, 2.05) is 55.4 Å². The van der Waals surface area contributed by atoms with Crippen molar-refractivity contribution in [1.82, 2.24) is 15.3 Å². The van der Waals surface area contributed by atoms with E-state index in [-0.39, 0.29) is 23.3 Å². The van der Waals surface area contributed by atoms with Gasteiger partial charge in [-0.25, -0.2) is 24.5 Å². The van der Waals surface area contributed by atoms with E-state index in [1.54, 1.807) is 5.38 Å². The van der Waals surface area contributed by atoms with Gasteiger partial charge in [-0.15, -0.1) is 22.7 Å². The van der Waals surface area contributed by atoms with E-state index < -0.39 is 11.6 Å². The number of esters is 1. The van der Waals surface area contributed by atoms with Crippen LogP contribution in [0.15, 0.2) is 23.6 Å². The minimum Gasteiger partial charge on any atom is -0.476 e. The summed E-state index contributed by atoms with van der Waals surface area (Å²) in [6.07, 6.45) is 0. The van der Waals surface area contributed by atoms with Gasteiger partial charge in [-0.3, -0.25) is 0 Å². The van der Waals surface area contributed by atoms with Gasteiger partial charge in [0.2, 0.25) is 0 Å². The molecule has 2 aromatic rings. The molecule has 0 atom stereocenters. The van der Waals surface area contributed by atoms with E-state index in [1.165, 1.54) is 28.1 Å². The number of carboxylic acid groups (broad SMARTS) is 1. The number of hydrogen-bond donors (Lipinski definition) is 2. The number of amidine groups is 1. The number of aromatic carboxylic acids is 1. The standard InChI is InChI=1S/C11H24N2O.C8H10BrNO2S.C4H2BrNO2S/c1-8(2)12-10(13-9(3)4)14-11(5,6)7;1-8(2,3)12-6(11)5-4-13-7(9)10-5;5-4-6-2(1-9-4)3(7)8/h8-9H,1-7H3,(H,12,13);4H,1-3H3;1H,(H,7,8). The van der Waals surface area contributed by atoms with Crippen LogP contribution in [0.1, 0.15) is 90.2 Å². The highest BCUT2D eigenvalue weighted by Gasteiger charge is 2.19. The molecule has 0 aliphatic heterocycles. The Balaban J connectivity index is 0.000000521. The van der Waals surface area contributed by atoms with Crippen LogP contribution in [-0.2, 0) is 9.47 Å². The fourth-order valence-electron chi connectivity index (χ4n) is 1.89. The molecule has 13 heteroatoms. The van der Waals surface area contributed by atoms with Crippen LogP contribution in [0.25, 0.3) is 0 Å². The lowest BCUT2D eigenvalue weighted by Gasteiger charge is -2.24. The third-order valence-electron chi connectivity index (χ3n) is 2.97. The predicted octanol–water partition coefficient (Wildman–Crippen LogP) is 7.03. The molecule has 0 aromatic carbocycles. The third-order valence-corrected chi connectivity index (χ3v) is 5.70. The largest absolute Gasteiger partial charge is 0.476 e. The van der Waals surface area contributed by atoms with E-state index in [0.29, 0.717) is 25.6 Å². The van der Waals surface area contributed by atoms with Crippen molar-refractivity contribution in [1.29, 1.82) is 0 Å². The smallest absolute Gasteiger partial charge is 0.358 e. The number of aromatic nitrogens is 2. The van der Waals surface area contributed by atoms with Gasteiger partial charge in [0.1, 0.15) is 11.2 Å². The minimum atomic E-state index is -0.989. The first kappa shape index (κ1) is 34.4. The molecule has 2 heterocycles. The van der Waals surface area contributed by atoms with E-state index in [0.717, 1.165) is 0 Å². The number of hydrogen-bond acceptors (Lipinski definition) is 9. The molecule has 0 bridgehead atoms. The van der Waals surface area contributed by atoms with Gasteiger partial charge in [0.05, 0.1) is 0 Å². The Morgan fingerprint density at radius 2 is 1.36 bits per heavy atom. The topological polar surface area (TPSA) is 123 Å². The van der Waals surface area contributed by atoms with Crippen molar-refractivity contribution in [3.05, 3.63) is 30.0 Å². The predicted molar refractivity (Wildman–Crippen MR) is 153 cm³/mol. The maximum atomic E-state index is 11.4. The van der Waals surface area contributed by atoms with Crippen molar-refractivity contribution in [2.45, 2.75) is 92.5 Å². The van der Waals surface area contributed by atoms with Crippen molar-refractivity contribution < 1.29 is 24.2 Å². The average Bonchev–Trinajstić information content (AvgIpc) is 3.27. The highest BCUT2D eigenvalue weighted by molar-refractivity contribution is 9.11. The highest BCUT2D eigenvalue weighted by atomic mass is 79.9. The molecule has 0 unspecified atom stereocenters. The molecule has 0 fully saturated rings. The quantitative estimate of drug-likeness (QED) is 0.202. The molecule has 0 radical (unpaired) electrons. The summed E-state index contributed by atoms with van der Waals surface area (Å²) in [6, 6.07) is 1.23. The highest BCUT2D eigenvalue weighted by Crippen LogP contribution is 2.18. The summed E-state index contributed by atoms with van der Waals surface area (Å²) in [7, 11) is 0. The Hall–Kier alpha value is -1.57. The molecule has 0 amide bonds. The number of aliphatic imine (C=N–C) groups is 1. The molecule has 204 valence electrons. The van der Waals surface area contributed by atoms with Crippen molar-refractivity contribution in [3.63, 3.8) is 0 Å². The SMILES string of the molecule is CC(C)(C)OC(=O)c1csc(Br)n1.CC(C)N=C(NC(C)C)OC(C)(C)C.O=C(O)c1csc(Br)n1. The van der Waals surface area contributed by atoms with Gasteiger partial charge in [-0.2, -0.15) is 0 Å². The van der Waals surface area contributed by atoms with Crippen LogP contribution < -0.4 is 5.32 Å². The van der Waals surface area contributed by atoms with E-state index in [9.17, 15) is 9.59 Å². The molecule has 0 aliphatic carbocycles. The molecule has 0 spiro atoms. The molecule has 0 saturated carbocycles. The fraction of sp³-hybridized carbons (Fsp3) is 0.609. The first-order valence-electron chi connectivity index (χ1n) is 11.0. The number of carbonyl (C=O) groups is 2. The van der Waals surface area contributed by atoms with Crippen LogP contribution in [0, 0.1) is 0 Å². The van der Waals surface area contributed by atoms with Gasteiger partial charge in [0.15, 0.2) is 19.2 Å². The Morgan fingerprint density at radius 1 is 0.917 bits per heavy atom. The van der Waals surface area contributed by atoms with E-state index >= 15 is 0 Å². The number of ether oxygens (including phenoxy) is 2. The zero-order chi connectivity index (χ0) is 28.3. The number of carbonyl (C=O) groups excluding carboxylic acids is 1. The number of nitrogens with zero attached hydrogens (tertiary/aromatic N) is 3. The van der Waals surface area contributed by atoms with Crippen molar-refractivity contribution >= 4 is 72.5 Å². The van der Waals surface area contributed by atoms with Crippen LogP contribution in [0.2, 0.25) is 0 Å². The molecule has 0 saturated heterocycles. The molecule has 2 aromatic heterocycles. The molecule has 2 N–H and O–H groups in total. The lowest BCUT2D eigenvalue weighted by Crippen LogP contribution is -2.38. The Labute approximate surface area is 238 Å². The summed E-state index contributed by atoms with van der Waals surface area (Å²) in [4.78, 5) is 33.5. The summed E-state index contributed by atoms with van der Waals surface area (Å²) < 4.78 is 12.1. The van der Waals surface area contributed by atoms with E-state index in [2.05, 4.69) is 66.0 Å². The van der Waals surface area contributed by atoms with Crippen LogP contribution in [-0.4, -0.2) is 56.3 Å². The number of carboxylic acids is 1. The molecular weight excluding hydrogens is 636 g/mol. The van der Waals surface area contributed by atoms with Crippen molar-refractivity contribution in [3.8, 4) is 0 Å². The first-order valence-corrected chi connectivity index (χ1v) is 14.4. The Kier molecular flexibility index (Phi) is 14.9. The summed E-state index contributed by atoms with van der Waals surface area (Å²) in [6.45, 7) is 19.7. The zero-order valence-electron chi connectivity index (χ0n) is 22.3. The molecule has 9 nitrogen and oxygen atoms in total. The zero-order valence-corrected chi connectivity index (χ0v) is 27.1. The first-order chi connectivity index (χ1) is 16.3. The summed E-state index contributed by atoms with van der Waals surface area (Å²) in [5.41, 5.74) is -0.221. The molecule has 2 rings (SSSR count). The van der Waals surface area contributed by atoms with Gasteiger partial charge < -0.3 is 19.9 Å². The number of nitrogens with one attached hydrogen (secondary N) is 1.